The molecule has 0 saturated heterocycles. The molecule has 0 heterocycles. The van der Waals surface area contributed by atoms with Crippen LogP contribution in [0.3, 0.4) is 0 Å². The number of rotatable bonds is 6. The minimum Gasteiger partial charge on any atom is -0.399 e. The van der Waals surface area contributed by atoms with E-state index < -0.39 is 0 Å². The summed E-state index contributed by atoms with van der Waals surface area (Å²) in [6.45, 7) is 5.17. The smallest absolute Gasteiger partial charge is 0.224 e. The Balaban J connectivity index is 2.39. The van der Waals surface area contributed by atoms with Gasteiger partial charge in [0.05, 0.1) is 10.7 Å². The second-order valence-electron chi connectivity index (χ2n) is 4.97. The fourth-order valence-electron chi connectivity index (χ4n) is 1.59. The number of amides is 1. The SMILES string of the molecule is CC(C)N(C)CCCC(=O)Nc1ccc(N)cc1Cl. The summed E-state index contributed by atoms with van der Waals surface area (Å²) < 4.78 is 0. The molecule has 0 aliphatic carbocycles. The predicted molar refractivity (Wildman–Crippen MR) is 81.5 cm³/mol. The average Bonchev–Trinajstić information content (AvgIpc) is 2.32. The van der Waals surface area contributed by atoms with E-state index in [0.29, 0.717) is 28.9 Å². The van der Waals surface area contributed by atoms with E-state index in [1.807, 2.05) is 0 Å². The van der Waals surface area contributed by atoms with Gasteiger partial charge in [-0.2, -0.15) is 0 Å². The molecular weight excluding hydrogens is 262 g/mol. The highest BCUT2D eigenvalue weighted by molar-refractivity contribution is 6.34. The number of nitrogens with two attached hydrogens (primary N) is 1. The first-order valence-corrected chi connectivity index (χ1v) is 6.83. The molecule has 0 aliphatic rings. The molecule has 0 bridgehead atoms. The fraction of sp³-hybridized carbons (Fsp3) is 0.500. The van der Waals surface area contributed by atoms with Crippen LogP contribution in [-0.2, 0) is 4.79 Å². The van der Waals surface area contributed by atoms with Crippen molar-refractivity contribution in [2.75, 3.05) is 24.6 Å². The monoisotopic (exact) mass is 283 g/mol. The number of nitrogen functional groups attached to an aromatic ring is 1. The molecule has 1 aromatic rings. The summed E-state index contributed by atoms with van der Waals surface area (Å²) in [5.41, 5.74) is 6.79. The fourth-order valence-corrected chi connectivity index (χ4v) is 1.83. The number of hydrogen-bond donors (Lipinski definition) is 2. The maximum Gasteiger partial charge on any atom is 0.224 e. The van der Waals surface area contributed by atoms with Crippen molar-refractivity contribution in [1.29, 1.82) is 0 Å². The molecule has 0 aliphatic heterocycles. The number of hydrogen-bond acceptors (Lipinski definition) is 3. The van der Waals surface area contributed by atoms with Crippen LogP contribution in [-0.4, -0.2) is 30.4 Å². The van der Waals surface area contributed by atoms with E-state index in [1.54, 1.807) is 18.2 Å². The summed E-state index contributed by atoms with van der Waals surface area (Å²) in [5, 5.41) is 3.26. The highest BCUT2D eigenvalue weighted by atomic mass is 35.5. The van der Waals surface area contributed by atoms with E-state index >= 15 is 0 Å². The predicted octanol–water partition coefficient (Wildman–Crippen LogP) is 2.98. The van der Waals surface area contributed by atoms with Gasteiger partial charge in [-0.1, -0.05) is 11.6 Å². The van der Waals surface area contributed by atoms with Crippen LogP contribution in [0, 0.1) is 0 Å². The molecule has 0 unspecified atom stereocenters. The normalized spacial score (nSPS) is 11.1. The van der Waals surface area contributed by atoms with Gasteiger partial charge in [0.1, 0.15) is 0 Å². The van der Waals surface area contributed by atoms with Crippen molar-refractivity contribution in [3.8, 4) is 0 Å². The largest absolute Gasteiger partial charge is 0.399 e. The highest BCUT2D eigenvalue weighted by Gasteiger charge is 2.08. The van der Waals surface area contributed by atoms with Gasteiger partial charge in [0.15, 0.2) is 0 Å². The number of nitrogens with zero attached hydrogens (tertiary/aromatic N) is 1. The lowest BCUT2D eigenvalue weighted by Crippen LogP contribution is -2.28. The Kier molecular flexibility index (Phi) is 6.12. The molecule has 0 fully saturated rings. The molecular formula is C14H22ClN3O. The van der Waals surface area contributed by atoms with Crippen molar-refractivity contribution in [3.05, 3.63) is 23.2 Å². The Morgan fingerprint density at radius 3 is 2.74 bits per heavy atom. The van der Waals surface area contributed by atoms with Crippen LogP contribution in [0.25, 0.3) is 0 Å². The Hall–Kier alpha value is -1.26. The van der Waals surface area contributed by atoms with E-state index in [0.717, 1.165) is 13.0 Å². The van der Waals surface area contributed by atoms with Gasteiger partial charge in [-0.25, -0.2) is 0 Å². The summed E-state index contributed by atoms with van der Waals surface area (Å²) in [6.07, 6.45) is 1.31. The van der Waals surface area contributed by atoms with E-state index in [9.17, 15) is 4.79 Å². The Morgan fingerprint density at radius 2 is 2.16 bits per heavy atom. The topological polar surface area (TPSA) is 58.4 Å². The molecule has 4 nitrogen and oxygen atoms in total. The Morgan fingerprint density at radius 1 is 1.47 bits per heavy atom. The third-order valence-corrected chi connectivity index (χ3v) is 3.38. The quantitative estimate of drug-likeness (QED) is 0.789. The van der Waals surface area contributed by atoms with Crippen LogP contribution in [0.15, 0.2) is 18.2 Å². The van der Waals surface area contributed by atoms with Crippen molar-refractivity contribution < 1.29 is 4.79 Å². The van der Waals surface area contributed by atoms with Crippen LogP contribution >= 0.6 is 11.6 Å². The first-order valence-electron chi connectivity index (χ1n) is 6.45. The van der Waals surface area contributed by atoms with Gasteiger partial charge in [-0.3, -0.25) is 4.79 Å². The van der Waals surface area contributed by atoms with Gasteiger partial charge in [0.2, 0.25) is 5.91 Å². The van der Waals surface area contributed by atoms with Crippen molar-refractivity contribution in [2.45, 2.75) is 32.7 Å². The summed E-state index contributed by atoms with van der Waals surface area (Å²) >= 11 is 6.00. The number of benzene rings is 1. The summed E-state index contributed by atoms with van der Waals surface area (Å²) in [6, 6.07) is 5.56. The highest BCUT2D eigenvalue weighted by Crippen LogP contribution is 2.24. The van der Waals surface area contributed by atoms with Gasteiger partial charge in [-0.05, 0) is 52.1 Å². The zero-order valence-electron chi connectivity index (χ0n) is 11.7. The van der Waals surface area contributed by atoms with E-state index in [-0.39, 0.29) is 5.91 Å². The Labute approximate surface area is 119 Å². The van der Waals surface area contributed by atoms with Crippen LogP contribution in [0.5, 0.6) is 0 Å². The number of halogens is 1. The minimum absolute atomic E-state index is 0.0242. The molecule has 1 aromatic carbocycles. The summed E-state index contributed by atoms with van der Waals surface area (Å²) in [5.74, 6) is -0.0242. The second kappa shape index (κ2) is 7.36. The molecule has 1 amide bonds. The van der Waals surface area contributed by atoms with E-state index in [2.05, 4.69) is 31.1 Å². The molecule has 1 rings (SSSR count). The van der Waals surface area contributed by atoms with Gasteiger partial charge in [0, 0.05) is 18.2 Å². The van der Waals surface area contributed by atoms with Crippen LogP contribution in [0.4, 0.5) is 11.4 Å². The maximum atomic E-state index is 11.8. The van der Waals surface area contributed by atoms with Gasteiger partial charge < -0.3 is 16.0 Å². The lowest BCUT2D eigenvalue weighted by atomic mass is 10.2. The van der Waals surface area contributed by atoms with Crippen molar-refractivity contribution in [1.82, 2.24) is 4.90 Å². The van der Waals surface area contributed by atoms with Crippen LogP contribution < -0.4 is 11.1 Å². The minimum atomic E-state index is -0.0242. The lowest BCUT2D eigenvalue weighted by Gasteiger charge is -2.20. The molecule has 5 heteroatoms. The second-order valence-corrected chi connectivity index (χ2v) is 5.37. The van der Waals surface area contributed by atoms with Gasteiger partial charge in [0.25, 0.3) is 0 Å². The Bertz CT molecular complexity index is 435. The first kappa shape index (κ1) is 15.8. The van der Waals surface area contributed by atoms with Crippen molar-refractivity contribution in [3.63, 3.8) is 0 Å². The molecule has 0 radical (unpaired) electrons. The molecule has 3 N–H and O–H groups in total. The summed E-state index contributed by atoms with van der Waals surface area (Å²) in [4.78, 5) is 14.0. The molecule has 19 heavy (non-hydrogen) atoms. The van der Waals surface area contributed by atoms with Gasteiger partial charge >= 0.3 is 0 Å². The molecule has 0 spiro atoms. The standard InChI is InChI=1S/C14H22ClN3O/c1-10(2)18(3)8-4-5-14(19)17-13-7-6-11(16)9-12(13)15/h6-7,9-10H,4-5,8,16H2,1-3H3,(H,17,19). The zero-order chi connectivity index (χ0) is 14.4. The molecule has 0 aromatic heterocycles. The third-order valence-electron chi connectivity index (χ3n) is 3.06. The lowest BCUT2D eigenvalue weighted by molar-refractivity contribution is -0.116. The van der Waals surface area contributed by atoms with Crippen LogP contribution in [0.1, 0.15) is 26.7 Å². The number of anilines is 2. The number of carbonyl (C=O) groups excluding carboxylic acids is 1. The summed E-state index contributed by atoms with van der Waals surface area (Å²) in [7, 11) is 2.05. The maximum absolute atomic E-state index is 11.8. The first-order chi connectivity index (χ1) is 8.90. The molecule has 0 atom stereocenters. The molecule has 0 saturated carbocycles. The van der Waals surface area contributed by atoms with Crippen molar-refractivity contribution in [2.24, 2.45) is 0 Å². The number of nitrogens with one attached hydrogen (secondary N) is 1. The molecule has 106 valence electrons. The van der Waals surface area contributed by atoms with Gasteiger partial charge in [-0.15, -0.1) is 0 Å². The third kappa shape index (κ3) is 5.49. The number of carbonyl (C=O) groups is 1. The van der Waals surface area contributed by atoms with E-state index in [1.165, 1.54) is 0 Å². The average molecular weight is 284 g/mol. The van der Waals surface area contributed by atoms with E-state index in [4.69, 9.17) is 17.3 Å². The van der Waals surface area contributed by atoms with Crippen molar-refractivity contribution >= 4 is 28.9 Å². The zero-order valence-corrected chi connectivity index (χ0v) is 12.5. The van der Waals surface area contributed by atoms with Crippen LogP contribution in [0.2, 0.25) is 5.02 Å².